The van der Waals surface area contributed by atoms with E-state index in [1.807, 2.05) is 0 Å². The fraction of sp³-hybridized carbons (Fsp3) is 0.304. The van der Waals surface area contributed by atoms with Crippen molar-refractivity contribution < 1.29 is 9.90 Å². The molecule has 1 heterocycles. The van der Waals surface area contributed by atoms with Crippen LogP contribution < -0.4 is 10.6 Å². The van der Waals surface area contributed by atoms with Gasteiger partial charge in [0.1, 0.15) is 0 Å². The molecule has 0 radical (unpaired) electrons. The fourth-order valence-corrected chi connectivity index (χ4v) is 3.76. The molecule has 2 aromatic rings. The number of nitrogens with zero attached hydrogens (tertiary/aromatic N) is 2. The van der Waals surface area contributed by atoms with Gasteiger partial charge in [-0.2, -0.15) is 5.26 Å². The van der Waals surface area contributed by atoms with Crippen molar-refractivity contribution in [2.45, 2.75) is 44.1 Å². The lowest BCUT2D eigenvalue weighted by Gasteiger charge is -2.32. The lowest BCUT2D eigenvalue weighted by molar-refractivity contribution is -0.112. The van der Waals surface area contributed by atoms with E-state index < -0.39 is 11.3 Å². The molecule has 1 saturated carbocycles. The summed E-state index contributed by atoms with van der Waals surface area (Å²) in [4.78, 5) is 17.1. The number of nitrogens with one attached hydrogen (secondary N) is 3. The van der Waals surface area contributed by atoms with E-state index in [1.165, 1.54) is 6.20 Å². The lowest BCUT2D eigenvalue weighted by atomic mass is 9.72. The first-order valence-electron chi connectivity index (χ1n) is 9.98. The average molecular weight is 438 g/mol. The highest BCUT2D eigenvalue weighted by Gasteiger charge is 2.37. The highest BCUT2D eigenvalue weighted by Crippen LogP contribution is 2.38. The summed E-state index contributed by atoms with van der Waals surface area (Å²) in [6.45, 7) is 1.71. The number of anilines is 2. The van der Waals surface area contributed by atoms with Crippen molar-refractivity contribution >= 4 is 35.1 Å². The van der Waals surface area contributed by atoms with Gasteiger partial charge in [0.15, 0.2) is 0 Å². The molecule has 0 spiro atoms. The van der Waals surface area contributed by atoms with Gasteiger partial charge < -0.3 is 21.1 Å². The largest absolute Gasteiger partial charge is 0.393 e. The smallest absolute Gasteiger partial charge is 0.259 e. The van der Waals surface area contributed by atoms with Crippen LogP contribution in [0.15, 0.2) is 53.9 Å². The number of amides is 1. The molecular weight excluding hydrogens is 414 g/mol. The van der Waals surface area contributed by atoms with Crippen LogP contribution in [0.25, 0.3) is 0 Å². The summed E-state index contributed by atoms with van der Waals surface area (Å²) in [6, 6.07) is 12.8. The number of hydrogen-bond donors (Lipinski definition) is 4. The topological polar surface area (TPSA) is 122 Å². The SMILES string of the molecule is C/C(Nc1ccc(Cl)cc1)=C(/C=N)C(=O)Nc1ccc([C@]2(C#N)CC[C@@H](O)CC2)nc1. The van der Waals surface area contributed by atoms with Crippen molar-refractivity contribution in [3.05, 3.63) is 64.6 Å². The van der Waals surface area contributed by atoms with Crippen LogP contribution in [-0.4, -0.2) is 28.3 Å². The van der Waals surface area contributed by atoms with Crippen molar-refractivity contribution in [3.8, 4) is 6.07 Å². The van der Waals surface area contributed by atoms with Crippen LogP contribution in [0.5, 0.6) is 0 Å². The summed E-state index contributed by atoms with van der Waals surface area (Å²) < 4.78 is 0. The van der Waals surface area contributed by atoms with E-state index in [9.17, 15) is 15.2 Å². The molecule has 0 saturated heterocycles. The van der Waals surface area contributed by atoms with Crippen molar-refractivity contribution in [1.82, 2.24) is 4.98 Å². The summed E-state index contributed by atoms with van der Waals surface area (Å²) in [5.74, 6) is -0.445. The van der Waals surface area contributed by atoms with Crippen molar-refractivity contribution in [1.29, 1.82) is 10.7 Å². The fourth-order valence-electron chi connectivity index (χ4n) is 3.63. The molecular formula is C23H24ClN5O2. The molecule has 1 aliphatic rings. The van der Waals surface area contributed by atoms with E-state index in [1.54, 1.807) is 43.3 Å². The molecule has 8 heteroatoms. The van der Waals surface area contributed by atoms with E-state index in [4.69, 9.17) is 17.0 Å². The Bertz CT molecular complexity index is 1020. The summed E-state index contributed by atoms with van der Waals surface area (Å²) in [7, 11) is 0. The molecule has 1 amide bonds. The number of carbonyl (C=O) groups is 1. The quantitative estimate of drug-likeness (QED) is 0.394. The average Bonchev–Trinajstić information content (AvgIpc) is 2.77. The van der Waals surface area contributed by atoms with Gasteiger partial charge in [-0.15, -0.1) is 0 Å². The second-order valence-corrected chi connectivity index (χ2v) is 8.06. The van der Waals surface area contributed by atoms with Crippen LogP contribution in [0.4, 0.5) is 11.4 Å². The summed E-state index contributed by atoms with van der Waals surface area (Å²) in [5.41, 5.74) is 1.84. The lowest BCUT2D eigenvalue weighted by Crippen LogP contribution is -2.33. The normalized spacial score (nSPS) is 21.4. The predicted molar refractivity (Wildman–Crippen MR) is 121 cm³/mol. The molecule has 0 bridgehead atoms. The van der Waals surface area contributed by atoms with Crippen molar-refractivity contribution in [2.24, 2.45) is 0 Å². The van der Waals surface area contributed by atoms with E-state index in [0.717, 1.165) is 11.9 Å². The van der Waals surface area contributed by atoms with Crippen molar-refractivity contribution in [3.63, 3.8) is 0 Å². The molecule has 7 nitrogen and oxygen atoms in total. The third kappa shape index (κ3) is 5.29. The Hall–Kier alpha value is -3.21. The summed E-state index contributed by atoms with van der Waals surface area (Å²) >= 11 is 5.89. The number of carbonyl (C=O) groups excluding carboxylic acids is 1. The van der Waals surface area contributed by atoms with E-state index in [2.05, 4.69) is 21.7 Å². The predicted octanol–water partition coefficient (Wildman–Crippen LogP) is 4.41. The number of allylic oxidation sites excluding steroid dienone is 1. The molecule has 1 aliphatic carbocycles. The minimum absolute atomic E-state index is 0.175. The molecule has 1 aromatic heterocycles. The zero-order chi connectivity index (χ0) is 22.4. The molecule has 1 fully saturated rings. The van der Waals surface area contributed by atoms with Gasteiger partial charge in [0.25, 0.3) is 5.91 Å². The third-order valence-electron chi connectivity index (χ3n) is 5.50. The van der Waals surface area contributed by atoms with E-state index in [0.29, 0.717) is 47.8 Å². The van der Waals surface area contributed by atoms with Gasteiger partial charge in [-0.05, 0) is 69.0 Å². The second-order valence-electron chi connectivity index (χ2n) is 7.63. The van der Waals surface area contributed by atoms with Gasteiger partial charge in [-0.3, -0.25) is 9.78 Å². The van der Waals surface area contributed by atoms with Gasteiger partial charge in [0.2, 0.25) is 0 Å². The zero-order valence-electron chi connectivity index (χ0n) is 17.2. The van der Waals surface area contributed by atoms with Crippen LogP contribution in [-0.2, 0) is 10.2 Å². The number of nitriles is 1. The van der Waals surface area contributed by atoms with Gasteiger partial charge in [0.05, 0.1) is 40.7 Å². The zero-order valence-corrected chi connectivity index (χ0v) is 17.9. The Morgan fingerprint density at radius 2 is 1.87 bits per heavy atom. The van der Waals surface area contributed by atoms with Crippen LogP contribution in [0.1, 0.15) is 38.3 Å². The number of aliphatic hydroxyl groups is 1. The number of benzene rings is 1. The van der Waals surface area contributed by atoms with Crippen LogP contribution in [0.3, 0.4) is 0 Å². The Balaban J connectivity index is 1.72. The number of halogens is 1. The Kier molecular flexibility index (Phi) is 7.06. The maximum Gasteiger partial charge on any atom is 0.259 e. The minimum Gasteiger partial charge on any atom is -0.393 e. The maximum atomic E-state index is 12.7. The number of pyridine rings is 1. The van der Waals surface area contributed by atoms with Crippen LogP contribution in [0, 0.1) is 16.7 Å². The minimum atomic E-state index is -0.707. The molecule has 1 aromatic carbocycles. The Morgan fingerprint density at radius 3 is 2.42 bits per heavy atom. The molecule has 0 atom stereocenters. The van der Waals surface area contributed by atoms with Crippen LogP contribution in [0.2, 0.25) is 5.02 Å². The van der Waals surface area contributed by atoms with Gasteiger partial charge in [-0.25, -0.2) is 0 Å². The van der Waals surface area contributed by atoms with E-state index in [-0.39, 0.29) is 11.7 Å². The first-order chi connectivity index (χ1) is 14.9. The molecule has 0 aliphatic heterocycles. The molecule has 0 unspecified atom stereocenters. The monoisotopic (exact) mass is 437 g/mol. The first-order valence-corrected chi connectivity index (χ1v) is 10.4. The van der Waals surface area contributed by atoms with Crippen molar-refractivity contribution in [2.75, 3.05) is 10.6 Å². The second kappa shape index (κ2) is 9.73. The van der Waals surface area contributed by atoms with Gasteiger partial charge in [0, 0.05) is 22.6 Å². The Morgan fingerprint density at radius 1 is 1.23 bits per heavy atom. The number of aromatic nitrogens is 1. The number of rotatable bonds is 6. The highest BCUT2D eigenvalue weighted by molar-refractivity contribution is 6.30. The summed E-state index contributed by atoms with van der Waals surface area (Å²) in [6.07, 6.45) is 4.39. The van der Waals surface area contributed by atoms with Crippen LogP contribution >= 0.6 is 11.6 Å². The maximum absolute atomic E-state index is 12.7. The van der Waals surface area contributed by atoms with E-state index >= 15 is 0 Å². The standard InChI is InChI=1S/C23H24ClN5O2/c1-15(28-17-4-2-16(24)3-5-17)20(12-25)22(31)29-18-6-7-21(27-13-18)23(14-26)10-8-19(30)9-11-23/h2-7,12-13,19,25,28,30H,8-11H2,1H3,(H,29,31)/b20-15+,25-12?/t19-,23-. The molecule has 160 valence electrons. The Labute approximate surface area is 186 Å². The third-order valence-corrected chi connectivity index (χ3v) is 5.76. The highest BCUT2D eigenvalue weighted by atomic mass is 35.5. The number of aliphatic hydroxyl groups excluding tert-OH is 1. The molecule has 31 heavy (non-hydrogen) atoms. The van der Waals surface area contributed by atoms with Gasteiger partial charge >= 0.3 is 0 Å². The summed E-state index contributed by atoms with van der Waals surface area (Å²) in [5, 5.41) is 33.5. The number of hydrogen-bond acceptors (Lipinski definition) is 6. The molecule has 3 rings (SSSR count). The molecule has 4 N–H and O–H groups in total. The first kappa shape index (κ1) is 22.5. The van der Waals surface area contributed by atoms with Gasteiger partial charge in [-0.1, -0.05) is 11.6 Å².